The van der Waals surface area contributed by atoms with Crippen LogP contribution in [0.2, 0.25) is 5.02 Å². The number of aryl methyl sites for hydroxylation is 1. The van der Waals surface area contributed by atoms with E-state index in [-0.39, 0.29) is 18.4 Å². The maximum absolute atomic E-state index is 13.7. The topological polar surface area (TPSA) is 86.8 Å². The van der Waals surface area contributed by atoms with Gasteiger partial charge in [0.15, 0.2) is 0 Å². The fourth-order valence-electron chi connectivity index (χ4n) is 3.80. The summed E-state index contributed by atoms with van der Waals surface area (Å²) in [6.07, 6.45) is 2.05. The molecule has 2 rings (SSSR count). The first-order valence-electron chi connectivity index (χ1n) is 11.9. The summed E-state index contributed by atoms with van der Waals surface area (Å²) in [6, 6.07) is 13.4. The van der Waals surface area contributed by atoms with E-state index < -0.39 is 28.5 Å². The van der Waals surface area contributed by atoms with Crippen LogP contribution in [0.4, 0.5) is 5.69 Å². The lowest BCUT2D eigenvalue weighted by Gasteiger charge is -2.33. The highest BCUT2D eigenvalue weighted by molar-refractivity contribution is 7.92. The Balaban J connectivity index is 2.47. The van der Waals surface area contributed by atoms with Crippen molar-refractivity contribution in [3.63, 3.8) is 0 Å². The van der Waals surface area contributed by atoms with Gasteiger partial charge in [0.2, 0.25) is 21.8 Å². The highest BCUT2D eigenvalue weighted by Crippen LogP contribution is 2.25. The van der Waals surface area contributed by atoms with Gasteiger partial charge < -0.3 is 10.2 Å². The van der Waals surface area contributed by atoms with Crippen LogP contribution in [0.1, 0.15) is 45.2 Å². The molecule has 0 bridgehead atoms. The number of sulfonamides is 1. The number of nitrogens with one attached hydrogen (secondary N) is 1. The molecule has 2 aromatic rings. The van der Waals surface area contributed by atoms with Gasteiger partial charge >= 0.3 is 0 Å². The van der Waals surface area contributed by atoms with E-state index in [4.69, 9.17) is 11.6 Å². The molecule has 1 unspecified atom stereocenters. The van der Waals surface area contributed by atoms with Gasteiger partial charge in [-0.3, -0.25) is 13.9 Å². The van der Waals surface area contributed by atoms with Gasteiger partial charge in [-0.2, -0.15) is 0 Å². The summed E-state index contributed by atoms with van der Waals surface area (Å²) in [7, 11) is -3.78. The van der Waals surface area contributed by atoms with Gasteiger partial charge in [0.1, 0.15) is 12.6 Å². The van der Waals surface area contributed by atoms with Crippen LogP contribution in [0.25, 0.3) is 0 Å². The van der Waals surface area contributed by atoms with Crippen molar-refractivity contribution in [2.75, 3.05) is 23.7 Å². The van der Waals surface area contributed by atoms with Gasteiger partial charge in [-0.1, -0.05) is 75.7 Å². The molecule has 0 spiro atoms. The number of hydrogen-bond acceptors (Lipinski definition) is 4. The summed E-state index contributed by atoms with van der Waals surface area (Å²) in [5, 5.41) is 3.38. The number of carbonyl (C=O) groups excluding carboxylic acids is 2. The Morgan fingerprint density at radius 3 is 2.14 bits per heavy atom. The third kappa shape index (κ3) is 7.97. The average molecular weight is 522 g/mol. The van der Waals surface area contributed by atoms with E-state index in [2.05, 4.69) is 5.32 Å². The highest BCUT2D eigenvalue weighted by Gasteiger charge is 2.32. The lowest BCUT2D eigenvalue weighted by molar-refractivity contribution is -0.140. The lowest BCUT2D eigenvalue weighted by atomic mass is 10.1. The number of para-hydroxylation sites is 1. The first-order valence-corrected chi connectivity index (χ1v) is 14.1. The lowest BCUT2D eigenvalue weighted by Crippen LogP contribution is -2.52. The van der Waals surface area contributed by atoms with Gasteiger partial charge in [0.05, 0.1) is 11.9 Å². The van der Waals surface area contributed by atoms with Crippen molar-refractivity contribution >= 4 is 39.1 Å². The molecular weight excluding hydrogens is 486 g/mol. The molecule has 0 aromatic heterocycles. The van der Waals surface area contributed by atoms with Crippen LogP contribution in [0.5, 0.6) is 0 Å². The van der Waals surface area contributed by atoms with E-state index >= 15 is 0 Å². The van der Waals surface area contributed by atoms with E-state index in [1.165, 1.54) is 4.90 Å². The normalized spacial score (nSPS) is 12.3. The maximum Gasteiger partial charge on any atom is 0.244 e. The number of carbonyl (C=O) groups is 2. The Morgan fingerprint density at radius 1 is 1.00 bits per heavy atom. The zero-order valence-corrected chi connectivity index (χ0v) is 22.7. The van der Waals surface area contributed by atoms with Crippen LogP contribution in [0.3, 0.4) is 0 Å². The second kappa shape index (κ2) is 12.9. The summed E-state index contributed by atoms with van der Waals surface area (Å²) < 4.78 is 26.7. The molecule has 0 radical (unpaired) electrons. The van der Waals surface area contributed by atoms with Crippen molar-refractivity contribution in [1.82, 2.24) is 10.2 Å². The molecule has 192 valence electrons. The van der Waals surface area contributed by atoms with Gasteiger partial charge in [-0.25, -0.2) is 8.42 Å². The quantitative estimate of drug-likeness (QED) is 0.452. The molecule has 0 aliphatic rings. The largest absolute Gasteiger partial charge is 0.354 e. The predicted molar refractivity (Wildman–Crippen MR) is 142 cm³/mol. The number of rotatable bonds is 12. The SMILES string of the molecule is CCc1ccccc1N(CC(=O)N(Cc1ccccc1Cl)C(CC)C(=O)NCC(C)C)S(C)(=O)=O. The Hall–Kier alpha value is -2.58. The molecular formula is C26H36ClN3O4S. The van der Waals surface area contributed by atoms with Gasteiger partial charge in [-0.15, -0.1) is 0 Å². The van der Waals surface area contributed by atoms with Gasteiger partial charge in [0, 0.05) is 18.1 Å². The van der Waals surface area contributed by atoms with Gasteiger partial charge in [0.25, 0.3) is 0 Å². The molecule has 7 nitrogen and oxygen atoms in total. The van der Waals surface area contributed by atoms with Crippen LogP contribution in [-0.2, 0) is 32.6 Å². The van der Waals surface area contributed by atoms with Crippen molar-refractivity contribution in [1.29, 1.82) is 0 Å². The summed E-state index contributed by atoms with van der Waals surface area (Å²) in [5.74, 6) is -0.510. The number of benzene rings is 2. The van der Waals surface area contributed by atoms with E-state index in [1.54, 1.807) is 30.3 Å². The van der Waals surface area contributed by atoms with E-state index in [0.29, 0.717) is 35.7 Å². The van der Waals surface area contributed by atoms with Crippen molar-refractivity contribution in [3.05, 3.63) is 64.7 Å². The molecule has 0 fully saturated rings. The first kappa shape index (κ1) is 28.7. The summed E-state index contributed by atoms with van der Waals surface area (Å²) in [5.41, 5.74) is 1.95. The monoisotopic (exact) mass is 521 g/mol. The van der Waals surface area contributed by atoms with Crippen LogP contribution >= 0.6 is 11.6 Å². The summed E-state index contributed by atoms with van der Waals surface area (Å²) in [4.78, 5) is 28.2. The fraction of sp³-hybridized carbons (Fsp3) is 0.462. The Bertz CT molecular complexity index is 1120. The minimum Gasteiger partial charge on any atom is -0.354 e. The fourth-order valence-corrected chi connectivity index (χ4v) is 4.88. The predicted octanol–water partition coefficient (Wildman–Crippen LogP) is 4.25. The Kier molecular flexibility index (Phi) is 10.6. The van der Waals surface area contributed by atoms with E-state index in [0.717, 1.165) is 16.1 Å². The standard InChI is InChI=1S/C26H36ClN3O4S/c1-6-20-12-9-11-15-24(20)30(35(5,33)34)18-25(31)29(17-21-13-8-10-14-22(21)27)23(7-2)26(32)28-16-19(3)4/h8-15,19,23H,6-7,16-18H2,1-5H3,(H,28,32). The molecule has 0 saturated carbocycles. The summed E-state index contributed by atoms with van der Waals surface area (Å²) >= 11 is 6.37. The number of anilines is 1. The number of amides is 2. The van der Waals surface area contributed by atoms with Crippen molar-refractivity contribution in [3.8, 4) is 0 Å². The minimum absolute atomic E-state index is 0.0825. The molecule has 0 saturated heterocycles. The zero-order chi connectivity index (χ0) is 26.2. The molecule has 0 aliphatic heterocycles. The molecule has 9 heteroatoms. The summed E-state index contributed by atoms with van der Waals surface area (Å²) in [6.45, 7) is 7.87. The van der Waals surface area contributed by atoms with Crippen molar-refractivity contribution in [2.45, 2.75) is 53.1 Å². The molecule has 0 aliphatic carbocycles. The molecule has 2 amide bonds. The van der Waals surface area contributed by atoms with Crippen LogP contribution < -0.4 is 9.62 Å². The number of halogens is 1. The van der Waals surface area contributed by atoms with Crippen LogP contribution in [-0.4, -0.2) is 50.5 Å². The molecule has 2 aromatic carbocycles. The Morgan fingerprint density at radius 2 is 1.60 bits per heavy atom. The second-order valence-corrected chi connectivity index (χ2v) is 11.2. The molecule has 35 heavy (non-hydrogen) atoms. The minimum atomic E-state index is -3.78. The first-order chi connectivity index (χ1) is 16.5. The molecule has 0 heterocycles. The maximum atomic E-state index is 13.7. The zero-order valence-electron chi connectivity index (χ0n) is 21.1. The average Bonchev–Trinajstić information content (AvgIpc) is 2.81. The highest BCUT2D eigenvalue weighted by atomic mass is 35.5. The molecule has 1 N–H and O–H groups in total. The second-order valence-electron chi connectivity index (χ2n) is 8.93. The third-order valence-corrected chi connectivity index (χ3v) is 7.18. The third-order valence-electron chi connectivity index (χ3n) is 5.69. The molecule has 1 atom stereocenters. The van der Waals surface area contributed by atoms with Gasteiger partial charge in [-0.05, 0) is 42.0 Å². The van der Waals surface area contributed by atoms with Crippen LogP contribution in [0.15, 0.2) is 48.5 Å². The van der Waals surface area contributed by atoms with Crippen molar-refractivity contribution in [2.24, 2.45) is 5.92 Å². The van der Waals surface area contributed by atoms with Crippen LogP contribution in [0, 0.1) is 5.92 Å². The van der Waals surface area contributed by atoms with Crippen molar-refractivity contribution < 1.29 is 18.0 Å². The smallest absolute Gasteiger partial charge is 0.244 e. The van der Waals surface area contributed by atoms with E-state index in [1.807, 2.05) is 45.9 Å². The number of nitrogens with zero attached hydrogens (tertiary/aromatic N) is 2. The van der Waals surface area contributed by atoms with E-state index in [9.17, 15) is 18.0 Å². The Labute approximate surface area is 214 Å². The number of hydrogen-bond donors (Lipinski definition) is 1.